The van der Waals surface area contributed by atoms with Crippen molar-refractivity contribution in [2.45, 2.75) is 43.2 Å². The van der Waals surface area contributed by atoms with Gasteiger partial charge < -0.3 is 19.4 Å². The van der Waals surface area contributed by atoms with Gasteiger partial charge in [-0.25, -0.2) is 0 Å². The molecule has 0 spiro atoms. The van der Waals surface area contributed by atoms with E-state index in [1.54, 1.807) is 11.7 Å². The highest BCUT2D eigenvalue weighted by molar-refractivity contribution is 7.98. The minimum Gasteiger partial charge on any atom is -0.493 e. The van der Waals surface area contributed by atoms with Gasteiger partial charge in [0, 0.05) is 25.1 Å². The molecule has 1 aliphatic rings. The highest BCUT2D eigenvalue weighted by atomic mass is 32.2. The van der Waals surface area contributed by atoms with Gasteiger partial charge in [-0.15, -0.1) is 0 Å². The highest BCUT2D eigenvalue weighted by Crippen LogP contribution is 2.39. The van der Waals surface area contributed by atoms with Gasteiger partial charge in [0.25, 0.3) is 5.56 Å². The molecule has 8 heteroatoms. The summed E-state index contributed by atoms with van der Waals surface area (Å²) in [6.45, 7) is 3.88. The summed E-state index contributed by atoms with van der Waals surface area (Å²) in [7, 11) is 3.39. The van der Waals surface area contributed by atoms with Gasteiger partial charge in [0.2, 0.25) is 5.91 Å². The van der Waals surface area contributed by atoms with Crippen LogP contribution < -0.4 is 20.3 Å². The van der Waals surface area contributed by atoms with Gasteiger partial charge in [-0.2, -0.15) is 4.98 Å². The fourth-order valence-electron chi connectivity index (χ4n) is 3.92. The molecule has 1 N–H and O–H groups in total. The largest absolute Gasteiger partial charge is 0.493 e. The van der Waals surface area contributed by atoms with Gasteiger partial charge in [-0.05, 0) is 37.1 Å². The van der Waals surface area contributed by atoms with Crippen LogP contribution in [0.15, 0.2) is 58.5 Å². The van der Waals surface area contributed by atoms with Crippen LogP contribution in [-0.2, 0) is 17.6 Å². The third kappa shape index (κ3) is 4.90. The zero-order chi connectivity index (χ0) is 23.5. The number of thioether (sulfide) groups is 1. The molecule has 33 heavy (non-hydrogen) atoms. The van der Waals surface area contributed by atoms with Gasteiger partial charge >= 0.3 is 0 Å². The number of hydrogen-bond acceptors (Lipinski definition) is 6. The molecule has 1 atom stereocenters. The van der Waals surface area contributed by atoms with E-state index in [2.05, 4.69) is 10.3 Å². The molecule has 0 unspecified atom stereocenters. The molecule has 7 nitrogen and oxygen atoms in total. The smallest absolute Gasteiger partial charge is 0.279 e. The molecule has 3 aromatic rings. The van der Waals surface area contributed by atoms with Crippen LogP contribution in [0.1, 0.15) is 42.9 Å². The van der Waals surface area contributed by atoms with E-state index in [9.17, 15) is 9.59 Å². The van der Waals surface area contributed by atoms with Crippen LogP contribution in [0, 0.1) is 0 Å². The van der Waals surface area contributed by atoms with Crippen molar-refractivity contribution in [2.75, 3.05) is 12.4 Å². The average Bonchev–Trinajstić information content (AvgIpc) is 2.80. The predicted molar refractivity (Wildman–Crippen MR) is 129 cm³/mol. The van der Waals surface area contributed by atoms with Gasteiger partial charge in [-0.3, -0.25) is 9.59 Å². The van der Waals surface area contributed by atoms with Crippen molar-refractivity contribution < 1.29 is 14.3 Å². The number of carbonyl (C=O) groups excluding carboxylic acids is 1. The second-order valence-corrected chi connectivity index (χ2v) is 9.12. The number of ether oxygens (including phenoxy) is 2. The monoisotopic (exact) mass is 465 g/mol. The molecule has 1 amide bonds. The van der Waals surface area contributed by atoms with Gasteiger partial charge in [0.15, 0.2) is 16.7 Å². The number of carbonyl (C=O) groups is 1. The van der Waals surface area contributed by atoms with E-state index < -0.39 is 5.92 Å². The van der Waals surface area contributed by atoms with Gasteiger partial charge in [0.1, 0.15) is 5.82 Å². The average molecular weight is 466 g/mol. The summed E-state index contributed by atoms with van der Waals surface area (Å²) in [6.07, 6.45) is 0.155. The summed E-state index contributed by atoms with van der Waals surface area (Å²) in [4.78, 5) is 30.1. The SMILES string of the molecule is COc1cc([C@@H]2CC(=O)Nc3c2c(=O)nc(SCc2ccccc2)n3C)ccc1OC(C)C. The summed E-state index contributed by atoms with van der Waals surface area (Å²) >= 11 is 1.46. The van der Waals surface area contributed by atoms with E-state index in [1.165, 1.54) is 11.8 Å². The number of anilines is 1. The predicted octanol–water partition coefficient (Wildman–Crippen LogP) is 4.34. The molecule has 2 heterocycles. The maximum Gasteiger partial charge on any atom is 0.279 e. The van der Waals surface area contributed by atoms with Crippen molar-refractivity contribution in [3.05, 3.63) is 75.6 Å². The van der Waals surface area contributed by atoms with E-state index in [0.717, 1.165) is 11.1 Å². The van der Waals surface area contributed by atoms with Gasteiger partial charge in [0.05, 0.1) is 18.8 Å². The van der Waals surface area contributed by atoms with Crippen LogP contribution in [0.2, 0.25) is 0 Å². The minimum atomic E-state index is -0.421. The van der Waals surface area contributed by atoms with Crippen LogP contribution in [0.25, 0.3) is 0 Å². The molecular weight excluding hydrogens is 438 g/mol. The molecule has 0 radical (unpaired) electrons. The highest BCUT2D eigenvalue weighted by Gasteiger charge is 2.32. The van der Waals surface area contributed by atoms with Crippen LogP contribution in [0.5, 0.6) is 11.5 Å². The first-order chi connectivity index (χ1) is 15.9. The van der Waals surface area contributed by atoms with Crippen molar-refractivity contribution >= 4 is 23.5 Å². The summed E-state index contributed by atoms with van der Waals surface area (Å²) < 4.78 is 13.1. The number of methoxy groups -OCH3 is 1. The van der Waals surface area contributed by atoms with Gasteiger partial charge in [-0.1, -0.05) is 48.2 Å². The molecule has 0 saturated heterocycles. The Morgan fingerprint density at radius 1 is 1.15 bits per heavy atom. The normalized spacial score (nSPS) is 15.2. The van der Waals surface area contributed by atoms with E-state index >= 15 is 0 Å². The second-order valence-electron chi connectivity index (χ2n) is 8.18. The van der Waals surface area contributed by atoms with Crippen molar-refractivity contribution in [1.29, 1.82) is 0 Å². The molecule has 0 saturated carbocycles. The Bertz CT molecular complexity index is 1220. The zero-order valence-electron chi connectivity index (χ0n) is 19.1. The lowest BCUT2D eigenvalue weighted by Crippen LogP contribution is -2.33. The Kier molecular flexibility index (Phi) is 6.74. The van der Waals surface area contributed by atoms with Crippen LogP contribution in [0.4, 0.5) is 5.82 Å². The summed E-state index contributed by atoms with van der Waals surface area (Å²) in [5.74, 6) is 1.78. The Morgan fingerprint density at radius 2 is 1.91 bits per heavy atom. The molecule has 0 bridgehead atoms. The topological polar surface area (TPSA) is 82.5 Å². The quantitative estimate of drug-likeness (QED) is 0.413. The standard InChI is InChI=1S/C25H27N3O4S/c1-15(2)32-19-11-10-17(12-20(19)31-4)18-13-21(29)26-23-22(18)24(30)27-25(28(23)3)33-14-16-8-6-5-7-9-16/h5-12,15,18H,13-14H2,1-4H3,(H,26,29)/t18-/m0/s1. The molecule has 1 aromatic heterocycles. The van der Waals surface area contributed by atoms with E-state index in [4.69, 9.17) is 9.47 Å². The van der Waals surface area contributed by atoms with E-state index in [1.807, 2.05) is 69.4 Å². The number of rotatable bonds is 7. The third-order valence-electron chi connectivity index (χ3n) is 5.46. The minimum absolute atomic E-state index is 0.00534. The van der Waals surface area contributed by atoms with Crippen LogP contribution in [0.3, 0.4) is 0 Å². The van der Waals surface area contributed by atoms with E-state index in [-0.39, 0.29) is 24.0 Å². The fourth-order valence-corrected chi connectivity index (χ4v) is 4.84. The molecular formula is C25H27N3O4S. The first-order valence-corrected chi connectivity index (χ1v) is 11.8. The number of benzene rings is 2. The summed E-state index contributed by atoms with van der Waals surface area (Å²) in [6, 6.07) is 15.5. The van der Waals surface area contributed by atoms with Crippen LogP contribution >= 0.6 is 11.8 Å². The Hall–Kier alpha value is -3.26. The van der Waals surface area contributed by atoms with Crippen molar-refractivity contribution in [1.82, 2.24) is 9.55 Å². The Labute approximate surface area is 197 Å². The third-order valence-corrected chi connectivity index (χ3v) is 6.57. The number of amides is 1. The van der Waals surface area contributed by atoms with Crippen molar-refractivity contribution in [3.8, 4) is 11.5 Å². The number of aromatic nitrogens is 2. The van der Waals surface area contributed by atoms with Crippen molar-refractivity contribution in [2.24, 2.45) is 7.05 Å². The number of nitrogens with one attached hydrogen (secondary N) is 1. The Balaban J connectivity index is 1.71. The summed E-state index contributed by atoms with van der Waals surface area (Å²) in [5.41, 5.74) is 2.10. The maximum atomic E-state index is 13.2. The first-order valence-electron chi connectivity index (χ1n) is 10.8. The first kappa shape index (κ1) is 22.9. The second kappa shape index (κ2) is 9.70. The Morgan fingerprint density at radius 3 is 2.61 bits per heavy atom. The van der Waals surface area contributed by atoms with E-state index in [0.29, 0.717) is 33.8 Å². The summed E-state index contributed by atoms with van der Waals surface area (Å²) in [5, 5.41) is 3.45. The lowest BCUT2D eigenvalue weighted by Gasteiger charge is -2.28. The molecule has 172 valence electrons. The molecule has 1 aliphatic heterocycles. The number of hydrogen-bond donors (Lipinski definition) is 1. The zero-order valence-corrected chi connectivity index (χ0v) is 19.9. The molecule has 4 rings (SSSR count). The molecule has 0 aliphatic carbocycles. The lowest BCUT2D eigenvalue weighted by molar-refractivity contribution is -0.116. The van der Waals surface area contributed by atoms with Crippen LogP contribution in [-0.4, -0.2) is 28.7 Å². The van der Waals surface area contributed by atoms with Crippen molar-refractivity contribution in [3.63, 3.8) is 0 Å². The number of fused-ring (bicyclic) bond motifs is 1. The lowest BCUT2D eigenvalue weighted by atomic mass is 9.86. The molecule has 0 fully saturated rings. The number of nitrogens with zero attached hydrogens (tertiary/aromatic N) is 2. The maximum absolute atomic E-state index is 13.2. The fraction of sp³-hybridized carbons (Fsp3) is 0.320. The molecule has 2 aromatic carbocycles.